The van der Waals surface area contributed by atoms with Crippen molar-refractivity contribution in [2.75, 3.05) is 5.73 Å². The van der Waals surface area contributed by atoms with Crippen LogP contribution in [0.5, 0.6) is 0 Å². The molecule has 0 aliphatic rings. The van der Waals surface area contributed by atoms with Crippen LogP contribution in [0.1, 0.15) is 13.8 Å². The van der Waals surface area contributed by atoms with Gasteiger partial charge in [0.05, 0.1) is 11.0 Å². The Morgan fingerprint density at radius 3 is 2.36 bits per heavy atom. The zero-order valence-corrected chi connectivity index (χ0v) is 14.4. The fourth-order valence-corrected chi connectivity index (χ4v) is 3.21. The van der Waals surface area contributed by atoms with E-state index < -0.39 is 0 Å². The Morgan fingerprint density at radius 1 is 0.960 bits per heavy atom. The summed E-state index contributed by atoms with van der Waals surface area (Å²) in [5.41, 5.74) is 10.1. The summed E-state index contributed by atoms with van der Waals surface area (Å²) in [6.45, 7) is 5.31. The van der Waals surface area contributed by atoms with E-state index in [0.29, 0.717) is 11.7 Å². The average molecular weight is 334 g/mol. The van der Waals surface area contributed by atoms with Crippen LogP contribution in [0.4, 0.5) is 5.82 Å². The van der Waals surface area contributed by atoms with Crippen molar-refractivity contribution in [3.63, 3.8) is 0 Å². The summed E-state index contributed by atoms with van der Waals surface area (Å²) in [5, 5.41) is 1.09. The van der Waals surface area contributed by atoms with Gasteiger partial charge in [-0.05, 0) is 12.0 Å². The summed E-state index contributed by atoms with van der Waals surface area (Å²) in [6.07, 6.45) is 0. The maximum atomic E-state index is 6.23. The molecule has 0 bridgehead atoms. The predicted octanol–water partition coefficient (Wildman–Crippen LogP) is 3.67. The molecular weight excluding hydrogens is 312 g/mol. The van der Waals surface area contributed by atoms with E-state index in [4.69, 9.17) is 10.7 Å². The zero-order chi connectivity index (χ0) is 16.7. The minimum atomic E-state index is 0. The van der Waals surface area contributed by atoms with Gasteiger partial charge >= 0.3 is 0 Å². The molecule has 0 radical (unpaired) electrons. The molecule has 0 aliphatic carbocycles. The van der Waals surface area contributed by atoms with Gasteiger partial charge in [0, 0.05) is 17.5 Å². The van der Waals surface area contributed by atoms with Crippen molar-refractivity contribution >= 4 is 27.8 Å². The largest absolute Gasteiger partial charge is 0.412 e. The lowest BCUT2D eigenvalue weighted by molar-refractivity contribution is 0.537. The highest BCUT2D eigenvalue weighted by Gasteiger charge is 2.18. The fourth-order valence-electron chi connectivity index (χ4n) is 3.21. The van der Waals surface area contributed by atoms with Crippen molar-refractivity contribution in [1.29, 1.82) is 0 Å². The first-order valence-corrected chi connectivity index (χ1v) is 8.25. The minimum absolute atomic E-state index is 0. The van der Waals surface area contributed by atoms with Crippen molar-refractivity contribution in [3.8, 4) is 11.4 Å². The van der Waals surface area contributed by atoms with Crippen LogP contribution in [0, 0.1) is 5.92 Å². The molecule has 0 aliphatic heterocycles. The van der Waals surface area contributed by atoms with Crippen LogP contribution in [-0.4, -0.2) is 20.0 Å². The molecule has 5 heteroatoms. The highest BCUT2D eigenvalue weighted by atomic mass is 16.0. The van der Waals surface area contributed by atoms with E-state index >= 15 is 0 Å². The smallest absolute Gasteiger partial charge is 0.152 e. The number of nitrogen functional groups attached to an aromatic ring is 1. The lowest BCUT2D eigenvalue weighted by Gasteiger charge is -2.13. The number of imidazole rings is 1. The highest BCUT2D eigenvalue weighted by molar-refractivity contribution is 6.07. The monoisotopic (exact) mass is 334 g/mol. The maximum Gasteiger partial charge on any atom is 0.152 e. The Hall–Kier alpha value is -2.92. The van der Waals surface area contributed by atoms with Gasteiger partial charge in [-0.25, -0.2) is 9.97 Å². The van der Waals surface area contributed by atoms with Crippen LogP contribution in [0.2, 0.25) is 0 Å². The van der Waals surface area contributed by atoms with E-state index in [9.17, 15) is 0 Å². The number of benzene rings is 2. The number of fused-ring (bicyclic) bond motifs is 3. The topological polar surface area (TPSA) is 88.2 Å². The van der Waals surface area contributed by atoms with Crippen LogP contribution >= 0.6 is 0 Å². The van der Waals surface area contributed by atoms with Crippen LogP contribution in [-0.2, 0) is 6.54 Å². The number of aromatic nitrogens is 3. The molecule has 4 N–H and O–H groups in total. The van der Waals surface area contributed by atoms with Gasteiger partial charge < -0.3 is 15.8 Å². The number of pyridine rings is 1. The van der Waals surface area contributed by atoms with E-state index in [-0.39, 0.29) is 5.48 Å². The quantitative estimate of drug-likeness (QED) is 0.620. The first-order chi connectivity index (χ1) is 11.6. The molecule has 25 heavy (non-hydrogen) atoms. The molecule has 2 aromatic heterocycles. The number of hydrogen-bond donors (Lipinski definition) is 1. The second-order valence-corrected chi connectivity index (χ2v) is 6.52. The van der Waals surface area contributed by atoms with Gasteiger partial charge in [0.15, 0.2) is 5.82 Å². The number of rotatable bonds is 3. The average Bonchev–Trinajstić information content (AvgIpc) is 2.95. The Kier molecular flexibility index (Phi) is 4.42. The van der Waals surface area contributed by atoms with Gasteiger partial charge in [-0.1, -0.05) is 62.4 Å². The van der Waals surface area contributed by atoms with E-state index in [2.05, 4.69) is 41.6 Å². The van der Waals surface area contributed by atoms with E-state index in [1.807, 2.05) is 36.4 Å². The van der Waals surface area contributed by atoms with Crippen molar-refractivity contribution < 1.29 is 5.48 Å². The van der Waals surface area contributed by atoms with Gasteiger partial charge in [0.25, 0.3) is 0 Å². The van der Waals surface area contributed by atoms with Gasteiger partial charge in [-0.2, -0.15) is 0 Å². The molecule has 0 fully saturated rings. The van der Waals surface area contributed by atoms with E-state index in [1.54, 1.807) is 0 Å². The molecule has 0 spiro atoms. The Bertz CT molecular complexity index is 1020. The lowest BCUT2D eigenvalue weighted by Crippen LogP contribution is -2.06. The second kappa shape index (κ2) is 6.53. The van der Waals surface area contributed by atoms with Crippen molar-refractivity contribution in [1.82, 2.24) is 14.5 Å². The van der Waals surface area contributed by atoms with Gasteiger partial charge in [-0.15, -0.1) is 0 Å². The fraction of sp³-hybridized carbons (Fsp3) is 0.200. The Labute approximate surface area is 146 Å². The summed E-state index contributed by atoms with van der Waals surface area (Å²) < 4.78 is 2.29. The van der Waals surface area contributed by atoms with Crippen LogP contribution in [0.3, 0.4) is 0 Å². The molecule has 0 amide bonds. The first-order valence-electron chi connectivity index (χ1n) is 8.25. The molecular formula is C20H22N4O. The van der Waals surface area contributed by atoms with Crippen LogP contribution in [0.25, 0.3) is 33.3 Å². The van der Waals surface area contributed by atoms with Crippen molar-refractivity contribution in [2.24, 2.45) is 5.92 Å². The summed E-state index contributed by atoms with van der Waals surface area (Å²) in [5.74, 6) is 1.94. The van der Waals surface area contributed by atoms with E-state index in [1.165, 1.54) is 0 Å². The van der Waals surface area contributed by atoms with Gasteiger partial charge in [0.2, 0.25) is 0 Å². The zero-order valence-electron chi connectivity index (χ0n) is 14.4. The summed E-state index contributed by atoms with van der Waals surface area (Å²) in [4.78, 5) is 9.39. The SMILES string of the molecule is CC(C)Cn1c(-c2ccccc2)nc2c(N)nc3ccccc3c21.O. The molecule has 2 aromatic carbocycles. The summed E-state index contributed by atoms with van der Waals surface area (Å²) in [6, 6.07) is 18.4. The Morgan fingerprint density at radius 2 is 1.64 bits per heavy atom. The molecule has 0 saturated carbocycles. The first kappa shape index (κ1) is 16.9. The third-order valence-corrected chi connectivity index (χ3v) is 4.19. The lowest BCUT2D eigenvalue weighted by atomic mass is 10.1. The molecule has 0 saturated heterocycles. The molecule has 4 rings (SSSR count). The third kappa shape index (κ3) is 2.83. The standard InChI is InChI=1S/C20H20N4.H2O/c1-13(2)12-24-18-15-10-6-7-11-16(15)22-19(21)17(18)23-20(24)14-8-4-3-5-9-14;/h3-11,13H,12H2,1-2H3,(H2,21,22);1H2. The molecule has 0 unspecified atom stereocenters. The number of hydrogen-bond acceptors (Lipinski definition) is 3. The number of para-hydroxylation sites is 1. The van der Waals surface area contributed by atoms with Crippen LogP contribution < -0.4 is 5.73 Å². The summed E-state index contributed by atoms with van der Waals surface area (Å²) in [7, 11) is 0. The predicted molar refractivity (Wildman–Crippen MR) is 103 cm³/mol. The minimum Gasteiger partial charge on any atom is -0.412 e. The molecule has 0 atom stereocenters. The van der Waals surface area contributed by atoms with E-state index in [0.717, 1.165) is 39.9 Å². The Balaban J connectivity index is 0.00000182. The second-order valence-electron chi connectivity index (χ2n) is 6.52. The van der Waals surface area contributed by atoms with Gasteiger partial charge in [-0.3, -0.25) is 0 Å². The molecule has 2 heterocycles. The number of nitrogens with zero attached hydrogens (tertiary/aromatic N) is 3. The molecule has 5 nitrogen and oxygen atoms in total. The number of anilines is 1. The van der Waals surface area contributed by atoms with Crippen LogP contribution in [0.15, 0.2) is 54.6 Å². The highest BCUT2D eigenvalue weighted by Crippen LogP contribution is 2.32. The maximum absolute atomic E-state index is 6.23. The molecule has 4 aromatic rings. The molecule has 128 valence electrons. The van der Waals surface area contributed by atoms with Gasteiger partial charge in [0.1, 0.15) is 11.3 Å². The van der Waals surface area contributed by atoms with Crippen molar-refractivity contribution in [3.05, 3.63) is 54.6 Å². The number of nitrogens with two attached hydrogens (primary N) is 1. The summed E-state index contributed by atoms with van der Waals surface area (Å²) >= 11 is 0. The van der Waals surface area contributed by atoms with Crippen molar-refractivity contribution in [2.45, 2.75) is 20.4 Å². The third-order valence-electron chi connectivity index (χ3n) is 4.19. The normalized spacial score (nSPS) is 11.2.